The maximum Gasteiger partial charge on any atom is 0.155 e. The summed E-state index contributed by atoms with van der Waals surface area (Å²) in [6.07, 6.45) is 0. The minimum absolute atomic E-state index is 0.0107. The summed E-state index contributed by atoms with van der Waals surface area (Å²) in [6, 6.07) is 0. The molecule has 4 nitrogen and oxygen atoms in total. The number of nitrogens with zero attached hydrogens (tertiary/aromatic N) is 1. The zero-order valence-corrected chi connectivity index (χ0v) is 8.09. The number of halogens is 1. The molecular formula is C8H16FNO3. The lowest BCUT2D eigenvalue weighted by molar-refractivity contribution is -0.122. The van der Waals surface area contributed by atoms with E-state index in [1.54, 1.807) is 0 Å². The monoisotopic (exact) mass is 193 g/mol. The summed E-state index contributed by atoms with van der Waals surface area (Å²) in [5.41, 5.74) is 0. The molecule has 0 aliphatic heterocycles. The number of hydrogen-bond acceptors (Lipinski definition) is 4. The van der Waals surface area contributed by atoms with Gasteiger partial charge in [-0.2, -0.15) is 0 Å². The molecule has 0 radical (unpaired) electrons. The Balaban J connectivity index is 2.96. The lowest BCUT2D eigenvalue weighted by Gasteiger charge is -2.06. The number of ketones is 1. The Morgan fingerprint density at radius 1 is 1.31 bits per heavy atom. The SMILES string of the molecule is CC(=O)COCCOCCN(C)F. The molecule has 5 heteroatoms. The van der Waals surface area contributed by atoms with Gasteiger partial charge in [0.2, 0.25) is 0 Å². The summed E-state index contributed by atoms with van der Waals surface area (Å²) in [4.78, 5) is 10.4. The van der Waals surface area contributed by atoms with Crippen molar-refractivity contribution in [3.05, 3.63) is 0 Å². The Morgan fingerprint density at radius 3 is 2.46 bits per heavy atom. The van der Waals surface area contributed by atoms with Crippen LogP contribution in [0.5, 0.6) is 0 Å². The first-order chi connectivity index (χ1) is 6.13. The molecule has 0 spiro atoms. The van der Waals surface area contributed by atoms with Crippen molar-refractivity contribution in [2.45, 2.75) is 6.92 Å². The molecule has 0 aromatic carbocycles. The van der Waals surface area contributed by atoms with E-state index in [2.05, 4.69) is 0 Å². The maximum atomic E-state index is 12.1. The van der Waals surface area contributed by atoms with Crippen molar-refractivity contribution in [3.63, 3.8) is 0 Å². The van der Waals surface area contributed by atoms with Crippen LogP contribution in [-0.4, -0.2) is 50.9 Å². The third-order valence-electron chi connectivity index (χ3n) is 1.22. The molecule has 0 aromatic heterocycles. The van der Waals surface area contributed by atoms with Crippen LogP contribution in [0.4, 0.5) is 4.48 Å². The molecule has 0 rings (SSSR count). The van der Waals surface area contributed by atoms with E-state index in [9.17, 15) is 9.28 Å². The van der Waals surface area contributed by atoms with Crippen LogP contribution in [0.3, 0.4) is 0 Å². The Morgan fingerprint density at radius 2 is 1.92 bits per heavy atom. The van der Waals surface area contributed by atoms with Crippen LogP contribution in [0.2, 0.25) is 0 Å². The van der Waals surface area contributed by atoms with Crippen LogP contribution < -0.4 is 0 Å². The Kier molecular flexibility index (Phi) is 7.77. The van der Waals surface area contributed by atoms with Gasteiger partial charge in [-0.05, 0) is 6.92 Å². The number of likely N-dealkylation sites (N-methyl/N-ethyl adjacent to an activating group) is 1. The zero-order chi connectivity index (χ0) is 10.1. The van der Waals surface area contributed by atoms with Gasteiger partial charge in [0.25, 0.3) is 0 Å². The van der Waals surface area contributed by atoms with Crippen LogP contribution in [0.1, 0.15) is 6.92 Å². The first-order valence-corrected chi connectivity index (χ1v) is 4.14. The van der Waals surface area contributed by atoms with Crippen molar-refractivity contribution in [1.82, 2.24) is 5.12 Å². The third kappa shape index (κ3) is 11.5. The fraction of sp³-hybridized carbons (Fsp3) is 0.875. The van der Waals surface area contributed by atoms with Gasteiger partial charge in [0.1, 0.15) is 6.61 Å². The van der Waals surface area contributed by atoms with Crippen LogP contribution in [-0.2, 0) is 14.3 Å². The Labute approximate surface area is 77.5 Å². The summed E-state index contributed by atoms with van der Waals surface area (Å²) < 4.78 is 22.0. The van der Waals surface area contributed by atoms with Crippen LogP contribution in [0.15, 0.2) is 0 Å². The molecule has 0 bridgehead atoms. The summed E-state index contributed by atoms with van der Waals surface area (Å²) in [5, 5.41) is 0.552. The number of carbonyl (C=O) groups is 1. The van der Waals surface area contributed by atoms with E-state index in [-0.39, 0.29) is 18.9 Å². The minimum atomic E-state index is -0.0107. The lowest BCUT2D eigenvalue weighted by Crippen LogP contribution is -2.16. The molecule has 0 atom stereocenters. The van der Waals surface area contributed by atoms with Gasteiger partial charge in [-0.3, -0.25) is 4.79 Å². The normalized spacial score (nSPS) is 10.8. The largest absolute Gasteiger partial charge is 0.378 e. The summed E-state index contributed by atoms with van der Waals surface area (Å²) in [6.45, 7) is 2.91. The van der Waals surface area contributed by atoms with Gasteiger partial charge >= 0.3 is 0 Å². The smallest absolute Gasteiger partial charge is 0.155 e. The van der Waals surface area contributed by atoms with Crippen LogP contribution in [0, 0.1) is 0 Å². The maximum absolute atomic E-state index is 12.1. The summed E-state index contributed by atoms with van der Waals surface area (Å²) >= 11 is 0. The molecule has 0 saturated carbocycles. The highest BCUT2D eigenvalue weighted by molar-refractivity contribution is 5.76. The molecule has 0 N–H and O–H groups in total. The Bertz CT molecular complexity index is 141. The third-order valence-corrected chi connectivity index (χ3v) is 1.22. The molecule has 0 saturated heterocycles. The highest BCUT2D eigenvalue weighted by Gasteiger charge is 1.95. The van der Waals surface area contributed by atoms with Crippen molar-refractivity contribution < 1.29 is 18.7 Å². The van der Waals surface area contributed by atoms with E-state index in [1.165, 1.54) is 14.0 Å². The lowest BCUT2D eigenvalue weighted by atomic mass is 10.5. The van der Waals surface area contributed by atoms with Crippen molar-refractivity contribution in [2.24, 2.45) is 0 Å². The molecule has 0 heterocycles. The van der Waals surface area contributed by atoms with Gasteiger partial charge in [-0.15, -0.1) is 9.60 Å². The topological polar surface area (TPSA) is 38.8 Å². The minimum Gasteiger partial charge on any atom is -0.378 e. The van der Waals surface area contributed by atoms with Gasteiger partial charge in [0.05, 0.1) is 26.4 Å². The van der Waals surface area contributed by atoms with Gasteiger partial charge < -0.3 is 9.47 Å². The average Bonchev–Trinajstić information content (AvgIpc) is 2.01. The fourth-order valence-corrected chi connectivity index (χ4v) is 0.626. The van der Waals surface area contributed by atoms with Gasteiger partial charge in [-0.25, -0.2) is 0 Å². The van der Waals surface area contributed by atoms with Gasteiger partial charge in [-0.1, -0.05) is 0 Å². The van der Waals surface area contributed by atoms with E-state index in [4.69, 9.17) is 9.47 Å². The van der Waals surface area contributed by atoms with Crippen molar-refractivity contribution in [3.8, 4) is 0 Å². The molecule has 13 heavy (non-hydrogen) atoms. The predicted molar refractivity (Wildman–Crippen MR) is 46.1 cm³/mol. The van der Waals surface area contributed by atoms with Crippen molar-refractivity contribution >= 4 is 5.78 Å². The standard InChI is InChI=1S/C8H16FNO3/c1-8(11)7-13-6-5-12-4-3-10(2)9/h3-7H2,1-2H3. The first-order valence-electron chi connectivity index (χ1n) is 4.14. The van der Waals surface area contributed by atoms with Crippen LogP contribution in [0.25, 0.3) is 0 Å². The van der Waals surface area contributed by atoms with Crippen LogP contribution >= 0.6 is 0 Å². The van der Waals surface area contributed by atoms with E-state index >= 15 is 0 Å². The predicted octanol–water partition coefficient (Wildman–Crippen LogP) is 0.425. The van der Waals surface area contributed by atoms with Crippen molar-refractivity contribution in [2.75, 3.05) is 40.0 Å². The molecule has 0 aliphatic rings. The average molecular weight is 193 g/mol. The van der Waals surface area contributed by atoms with Gasteiger partial charge in [0.15, 0.2) is 5.78 Å². The molecular weight excluding hydrogens is 177 g/mol. The van der Waals surface area contributed by atoms with E-state index < -0.39 is 0 Å². The van der Waals surface area contributed by atoms with E-state index in [1.807, 2.05) is 0 Å². The number of carbonyl (C=O) groups excluding carboxylic acids is 1. The molecule has 0 aromatic rings. The van der Waals surface area contributed by atoms with E-state index in [0.29, 0.717) is 24.9 Å². The number of Topliss-reactive ketones (excluding diaryl/α,β-unsaturated/α-hetero) is 1. The number of ether oxygens (including phenoxy) is 2. The zero-order valence-electron chi connectivity index (χ0n) is 8.09. The highest BCUT2D eigenvalue weighted by atomic mass is 19.2. The van der Waals surface area contributed by atoms with Crippen molar-refractivity contribution in [1.29, 1.82) is 0 Å². The summed E-state index contributed by atoms with van der Waals surface area (Å²) in [5.74, 6) is -0.0107. The summed E-state index contributed by atoms with van der Waals surface area (Å²) in [7, 11) is 1.33. The molecule has 0 unspecified atom stereocenters. The molecule has 78 valence electrons. The quantitative estimate of drug-likeness (QED) is 0.414. The molecule has 0 amide bonds. The number of hydrogen-bond donors (Lipinski definition) is 0. The second kappa shape index (κ2) is 8.10. The highest BCUT2D eigenvalue weighted by Crippen LogP contribution is 1.83. The Hall–Kier alpha value is -0.520. The first kappa shape index (κ1) is 12.5. The van der Waals surface area contributed by atoms with E-state index in [0.717, 1.165) is 0 Å². The molecule has 0 aliphatic carbocycles. The second-order valence-electron chi connectivity index (χ2n) is 2.70. The van der Waals surface area contributed by atoms with Gasteiger partial charge in [0, 0.05) is 7.05 Å². The molecule has 0 fully saturated rings. The number of rotatable bonds is 8. The second-order valence-corrected chi connectivity index (χ2v) is 2.70. The fourth-order valence-electron chi connectivity index (χ4n) is 0.626.